The average molecular weight is 635 g/mol. The molecule has 0 spiro atoms. The molecule has 0 aliphatic carbocycles. The van der Waals surface area contributed by atoms with Crippen LogP contribution in [0.25, 0.3) is 11.1 Å². The van der Waals surface area contributed by atoms with Gasteiger partial charge in [0, 0.05) is 22.4 Å². The SMILES string of the molecule is CCCC(C)(CC)NC(=O)c1cccc(C(=O)Nc2ccc(-c3ccc(C(C)(C)CCC)cc3C(F)(F)F)c(C(F)(F)F)c2)c1. The largest absolute Gasteiger partial charge is 0.417 e. The predicted molar refractivity (Wildman–Crippen MR) is 165 cm³/mol. The second-order valence-corrected chi connectivity index (χ2v) is 12.3. The van der Waals surface area contributed by atoms with Gasteiger partial charge >= 0.3 is 12.4 Å². The summed E-state index contributed by atoms with van der Waals surface area (Å²) in [6.45, 7) is 11.4. The lowest BCUT2D eigenvalue weighted by atomic mass is 9.79. The molecule has 45 heavy (non-hydrogen) atoms. The number of alkyl halides is 6. The van der Waals surface area contributed by atoms with Crippen molar-refractivity contribution in [3.63, 3.8) is 0 Å². The molecule has 3 rings (SSSR count). The second kappa shape index (κ2) is 13.7. The van der Waals surface area contributed by atoms with Gasteiger partial charge < -0.3 is 10.6 Å². The highest BCUT2D eigenvalue weighted by Gasteiger charge is 2.39. The van der Waals surface area contributed by atoms with Crippen LogP contribution in [0.5, 0.6) is 0 Å². The Morgan fingerprint density at radius 2 is 1.20 bits per heavy atom. The van der Waals surface area contributed by atoms with Gasteiger partial charge in [0.1, 0.15) is 0 Å². The molecular formula is C35H40F6N2O2. The van der Waals surface area contributed by atoms with E-state index in [9.17, 15) is 35.9 Å². The molecule has 0 aromatic heterocycles. The quantitative estimate of drug-likeness (QED) is 0.206. The number of hydrogen-bond acceptors (Lipinski definition) is 2. The zero-order valence-corrected chi connectivity index (χ0v) is 26.4. The maximum atomic E-state index is 14.3. The monoisotopic (exact) mass is 634 g/mol. The lowest BCUT2D eigenvalue weighted by Gasteiger charge is -2.29. The molecule has 4 nitrogen and oxygen atoms in total. The average Bonchev–Trinajstić information content (AvgIpc) is 2.96. The minimum Gasteiger partial charge on any atom is -0.347 e. The van der Waals surface area contributed by atoms with E-state index in [4.69, 9.17) is 0 Å². The Morgan fingerprint density at radius 3 is 1.73 bits per heavy atom. The number of amides is 2. The first-order valence-corrected chi connectivity index (χ1v) is 15.0. The van der Waals surface area contributed by atoms with Crippen LogP contribution in [0.3, 0.4) is 0 Å². The third-order valence-electron chi connectivity index (χ3n) is 8.24. The number of carbonyl (C=O) groups excluding carboxylic acids is 2. The summed E-state index contributed by atoms with van der Waals surface area (Å²) in [5.41, 5.74) is -4.47. The minimum absolute atomic E-state index is 0.0265. The summed E-state index contributed by atoms with van der Waals surface area (Å²) >= 11 is 0. The Morgan fingerprint density at radius 1 is 0.667 bits per heavy atom. The molecule has 0 radical (unpaired) electrons. The van der Waals surface area contributed by atoms with E-state index in [0.717, 1.165) is 43.5 Å². The van der Waals surface area contributed by atoms with E-state index in [1.54, 1.807) is 13.8 Å². The third-order valence-corrected chi connectivity index (χ3v) is 8.24. The molecule has 0 heterocycles. The van der Waals surface area contributed by atoms with Crippen LogP contribution in [0.4, 0.5) is 32.0 Å². The van der Waals surface area contributed by atoms with Gasteiger partial charge in [-0.25, -0.2) is 0 Å². The molecule has 3 aromatic carbocycles. The number of halogens is 6. The summed E-state index contributed by atoms with van der Waals surface area (Å²) < 4.78 is 85.6. The van der Waals surface area contributed by atoms with Gasteiger partial charge in [-0.05, 0) is 84.7 Å². The Hall–Kier alpha value is -3.82. The third kappa shape index (κ3) is 8.67. The highest BCUT2D eigenvalue weighted by Crippen LogP contribution is 2.45. The van der Waals surface area contributed by atoms with E-state index in [-0.39, 0.29) is 16.8 Å². The first kappa shape index (κ1) is 35.7. The van der Waals surface area contributed by atoms with Crippen molar-refractivity contribution in [1.29, 1.82) is 0 Å². The highest BCUT2D eigenvalue weighted by molar-refractivity contribution is 6.06. The fourth-order valence-corrected chi connectivity index (χ4v) is 5.53. The maximum Gasteiger partial charge on any atom is 0.417 e. The Bertz CT molecular complexity index is 1530. The molecule has 0 aliphatic heterocycles. The van der Waals surface area contributed by atoms with Crippen molar-refractivity contribution >= 4 is 17.5 Å². The fourth-order valence-electron chi connectivity index (χ4n) is 5.53. The van der Waals surface area contributed by atoms with Crippen molar-refractivity contribution in [3.8, 4) is 11.1 Å². The summed E-state index contributed by atoms with van der Waals surface area (Å²) in [6, 6.07) is 11.9. The molecule has 0 saturated heterocycles. The van der Waals surface area contributed by atoms with Gasteiger partial charge in [0.05, 0.1) is 11.1 Å². The van der Waals surface area contributed by atoms with Gasteiger partial charge in [-0.1, -0.05) is 71.7 Å². The van der Waals surface area contributed by atoms with Gasteiger partial charge in [-0.3, -0.25) is 9.59 Å². The molecule has 1 unspecified atom stereocenters. The standard InChI is InChI=1S/C35H40F6N2O2/c1-7-17-32(4,5)24-13-15-26(28(20-24)34(36,37)38)27-16-14-25(21-29(27)35(39,40)41)42-30(44)22-11-10-12-23(19-22)31(45)43-33(6,9-3)18-8-2/h10-16,19-21H,7-9,17-18H2,1-6H3,(H,42,44)(H,43,45). The zero-order valence-electron chi connectivity index (χ0n) is 26.4. The lowest BCUT2D eigenvalue weighted by Crippen LogP contribution is -2.45. The van der Waals surface area contributed by atoms with E-state index in [1.165, 1.54) is 30.3 Å². The van der Waals surface area contributed by atoms with Crippen molar-refractivity contribution in [3.05, 3.63) is 88.5 Å². The van der Waals surface area contributed by atoms with Crippen LogP contribution >= 0.6 is 0 Å². The van der Waals surface area contributed by atoms with Crippen LogP contribution in [0.1, 0.15) is 111 Å². The van der Waals surface area contributed by atoms with Gasteiger partial charge in [0.25, 0.3) is 11.8 Å². The van der Waals surface area contributed by atoms with Crippen LogP contribution < -0.4 is 10.6 Å². The lowest BCUT2D eigenvalue weighted by molar-refractivity contribution is -0.139. The molecule has 1 atom stereocenters. The molecule has 0 saturated carbocycles. The summed E-state index contributed by atoms with van der Waals surface area (Å²) in [4.78, 5) is 26.0. The van der Waals surface area contributed by atoms with E-state index >= 15 is 0 Å². The van der Waals surface area contributed by atoms with Gasteiger partial charge in [-0.15, -0.1) is 0 Å². The van der Waals surface area contributed by atoms with Crippen molar-refractivity contribution in [1.82, 2.24) is 5.32 Å². The second-order valence-electron chi connectivity index (χ2n) is 12.3. The summed E-state index contributed by atoms with van der Waals surface area (Å²) in [5.74, 6) is -1.17. The van der Waals surface area contributed by atoms with E-state index in [2.05, 4.69) is 10.6 Å². The van der Waals surface area contributed by atoms with Crippen molar-refractivity contribution < 1.29 is 35.9 Å². The highest BCUT2D eigenvalue weighted by atomic mass is 19.4. The van der Waals surface area contributed by atoms with Gasteiger partial charge in [-0.2, -0.15) is 26.3 Å². The molecule has 244 valence electrons. The number of carbonyl (C=O) groups is 2. The Labute approximate surface area is 260 Å². The zero-order chi connectivity index (χ0) is 33.8. The number of hydrogen-bond donors (Lipinski definition) is 2. The first-order chi connectivity index (χ1) is 20.8. The molecule has 10 heteroatoms. The van der Waals surface area contributed by atoms with Crippen molar-refractivity contribution in [2.45, 2.75) is 97.0 Å². The maximum absolute atomic E-state index is 14.3. The molecule has 3 aromatic rings. The fraction of sp³-hybridized carbons (Fsp3) is 0.429. The Kier molecular flexibility index (Phi) is 10.8. The molecule has 2 N–H and O–H groups in total. The van der Waals surface area contributed by atoms with Crippen molar-refractivity contribution in [2.24, 2.45) is 0 Å². The van der Waals surface area contributed by atoms with Crippen molar-refractivity contribution in [2.75, 3.05) is 5.32 Å². The smallest absolute Gasteiger partial charge is 0.347 e. The van der Waals surface area contributed by atoms with E-state index < -0.39 is 57.4 Å². The topological polar surface area (TPSA) is 58.2 Å². The Balaban J connectivity index is 1.99. The van der Waals surface area contributed by atoms with Gasteiger partial charge in [0.15, 0.2) is 0 Å². The minimum atomic E-state index is -5.03. The number of nitrogens with one attached hydrogen (secondary N) is 2. The van der Waals surface area contributed by atoms with Crippen LogP contribution in [-0.4, -0.2) is 17.4 Å². The summed E-state index contributed by atoms with van der Waals surface area (Å²) in [7, 11) is 0. The number of rotatable bonds is 11. The van der Waals surface area contributed by atoms with E-state index in [1.807, 2.05) is 27.7 Å². The number of benzene rings is 3. The molecular weight excluding hydrogens is 594 g/mol. The van der Waals surface area contributed by atoms with Crippen LogP contribution in [0.2, 0.25) is 0 Å². The first-order valence-electron chi connectivity index (χ1n) is 15.0. The van der Waals surface area contributed by atoms with Gasteiger partial charge in [0.2, 0.25) is 0 Å². The van der Waals surface area contributed by atoms with Crippen LogP contribution in [0, 0.1) is 0 Å². The predicted octanol–water partition coefficient (Wildman–Crippen LogP) is 10.4. The van der Waals surface area contributed by atoms with Crippen LogP contribution in [-0.2, 0) is 17.8 Å². The number of anilines is 1. The normalized spacial score (nSPS) is 13.7. The molecule has 0 aliphatic rings. The summed E-state index contributed by atoms with van der Waals surface area (Å²) in [6.07, 6.45) is -6.33. The molecule has 2 amide bonds. The molecule has 0 bridgehead atoms. The summed E-state index contributed by atoms with van der Waals surface area (Å²) in [5, 5.41) is 5.37. The van der Waals surface area contributed by atoms with Crippen LogP contribution in [0.15, 0.2) is 60.7 Å². The van der Waals surface area contributed by atoms with E-state index in [0.29, 0.717) is 24.5 Å². The molecule has 0 fully saturated rings.